The van der Waals surface area contributed by atoms with Crippen LogP contribution in [-0.2, 0) is 18.4 Å². The molecule has 0 aliphatic rings. The standard InChI is InChI=1S/C49H95N2O7P/c1-3-5-7-9-11-13-15-17-19-21-22-23-25-27-29-31-33-35-37-39-41-48(53)47(45-58-59(55,56)57-43-42-50)51-49(54)44-46(52)40-38-36-34-32-30-28-26-24-20-18-16-14-12-10-8-6-4-2/h24,26,31,33,39,41,46-48,52-53H,3-23,25,27-30,32,34-38,40,42-45,50H2,1-2H3,(H,51,54)(H,55,56)/b26-24-,33-31+,41-39+. The average molecular weight is 855 g/mol. The molecule has 0 spiro atoms. The van der Waals surface area contributed by atoms with E-state index in [2.05, 4.69) is 43.5 Å². The van der Waals surface area contributed by atoms with Crippen LogP contribution < -0.4 is 11.1 Å². The number of rotatable bonds is 46. The lowest BCUT2D eigenvalue weighted by Gasteiger charge is -2.24. The van der Waals surface area contributed by atoms with Crippen LogP contribution in [0.1, 0.15) is 232 Å². The second kappa shape index (κ2) is 44.7. The van der Waals surface area contributed by atoms with Gasteiger partial charge >= 0.3 is 7.82 Å². The maximum absolute atomic E-state index is 12.8. The van der Waals surface area contributed by atoms with E-state index in [1.807, 2.05) is 6.08 Å². The number of carbonyl (C=O) groups excluding carboxylic acids is 1. The van der Waals surface area contributed by atoms with Crippen LogP contribution in [0.2, 0.25) is 0 Å². The lowest BCUT2D eigenvalue weighted by Crippen LogP contribution is -2.46. The van der Waals surface area contributed by atoms with Gasteiger partial charge in [-0.05, 0) is 57.8 Å². The van der Waals surface area contributed by atoms with Gasteiger partial charge in [0.25, 0.3) is 0 Å². The molecule has 4 atom stereocenters. The maximum Gasteiger partial charge on any atom is 0.472 e. The molecule has 0 aromatic carbocycles. The van der Waals surface area contributed by atoms with Crippen molar-refractivity contribution in [2.45, 2.75) is 250 Å². The highest BCUT2D eigenvalue weighted by molar-refractivity contribution is 7.47. The summed E-state index contributed by atoms with van der Waals surface area (Å²) < 4.78 is 22.1. The topological polar surface area (TPSA) is 151 Å². The molecule has 0 aliphatic carbocycles. The van der Waals surface area contributed by atoms with Crippen molar-refractivity contribution in [1.82, 2.24) is 5.32 Å². The van der Waals surface area contributed by atoms with Crippen LogP contribution >= 0.6 is 7.82 Å². The van der Waals surface area contributed by atoms with Crippen LogP contribution in [-0.4, -0.2) is 59.0 Å². The zero-order valence-electron chi connectivity index (χ0n) is 38.4. The lowest BCUT2D eigenvalue weighted by atomic mass is 10.0. The van der Waals surface area contributed by atoms with Gasteiger partial charge in [-0.1, -0.05) is 204 Å². The predicted molar refractivity (Wildman–Crippen MR) is 250 cm³/mol. The van der Waals surface area contributed by atoms with E-state index >= 15 is 0 Å². The molecule has 0 aromatic heterocycles. The highest BCUT2D eigenvalue weighted by Crippen LogP contribution is 2.43. The van der Waals surface area contributed by atoms with Crippen LogP contribution in [0.4, 0.5) is 0 Å². The smallest absolute Gasteiger partial charge is 0.393 e. The van der Waals surface area contributed by atoms with E-state index in [0.29, 0.717) is 12.8 Å². The first-order valence-corrected chi connectivity index (χ1v) is 26.2. The molecular formula is C49H95N2O7P. The largest absolute Gasteiger partial charge is 0.472 e. The second-order valence-electron chi connectivity index (χ2n) is 16.9. The van der Waals surface area contributed by atoms with E-state index in [1.54, 1.807) is 6.08 Å². The summed E-state index contributed by atoms with van der Waals surface area (Å²) in [6.45, 7) is 3.97. The van der Waals surface area contributed by atoms with E-state index < -0.39 is 38.6 Å². The third-order valence-electron chi connectivity index (χ3n) is 11.0. The number of nitrogens with one attached hydrogen (secondary N) is 1. The van der Waals surface area contributed by atoms with Crippen molar-refractivity contribution < 1.29 is 33.5 Å². The number of hydrogen-bond acceptors (Lipinski definition) is 7. The number of amides is 1. The van der Waals surface area contributed by atoms with E-state index in [1.165, 1.54) is 154 Å². The third kappa shape index (κ3) is 43.1. The Labute approximate surface area is 363 Å². The highest BCUT2D eigenvalue weighted by Gasteiger charge is 2.27. The molecule has 0 rings (SSSR count). The van der Waals surface area contributed by atoms with E-state index in [0.717, 1.165) is 44.9 Å². The number of nitrogens with two attached hydrogens (primary N) is 1. The normalized spacial score (nSPS) is 14.7. The summed E-state index contributed by atoms with van der Waals surface area (Å²) in [6.07, 6.45) is 50.9. The van der Waals surface area contributed by atoms with Gasteiger partial charge in [-0.15, -0.1) is 0 Å². The number of aliphatic hydroxyl groups excluding tert-OH is 2. The fourth-order valence-corrected chi connectivity index (χ4v) is 8.01. The first kappa shape index (κ1) is 57.7. The van der Waals surface area contributed by atoms with Gasteiger partial charge < -0.3 is 26.2 Å². The summed E-state index contributed by atoms with van der Waals surface area (Å²) in [5.41, 5.74) is 5.37. The minimum absolute atomic E-state index is 0.0436. The Kier molecular flexibility index (Phi) is 43.7. The molecule has 6 N–H and O–H groups in total. The lowest BCUT2D eigenvalue weighted by molar-refractivity contribution is -0.124. The van der Waals surface area contributed by atoms with E-state index in [4.69, 9.17) is 14.8 Å². The summed E-state index contributed by atoms with van der Waals surface area (Å²) in [7, 11) is -4.41. The van der Waals surface area contributed by atoms with Gasteiger partial charge in [0, 0.05) is 6.54 Å². The van der Waals surface area contributed by atoms with Gasteiger partial charge in [0.2, 0.25) is 5.91 Å². The van der Waals surface area contributed by atoms with Gasteiger partial charge in [-0.25, -0.2) is 4.57 Å². The van der Waals surface area contributed by atoms with Crippen LogP contribution in [0, 0.1) is 0 Å². The average Bonchev–Trinajstić information content (AvgIpc) is 3.21. The zero-order chi connectivity index (χ0) is 43.3. The highest BCUT2D eigenvalue weighted by atomic mass is 31.2. The van der Waals surface area contributed by atoms with Gasteiger partial charge in [0.15, 0.2) is 0 Å². The Hall–Kier alpha value is -1.32. The molecule has 0 aromatic rings. The quantitative estimate of drug-likeness (QED) is 0.0231. The van der Waals surface area contributed by atoms with Gasteiger partial charge in [0.1, 0.15) is 0 Å². The minimum Gasteiger partial charge on any atom is -0.393 e. The number of carbonyl (C=O) groups is 1. The molecule has 4 unspecified atom stereocenters. The van der Waals surface area contributed by atoms with Gasteiger partial charge in [0.05, 0.1) is 37.9 Å². The van der Waals surface area contributed by atoms with Crippen molar-refractivity contribution in [3.63, 3.8) is 0 Å². The van der Waals surface area contributed by atoms with Crippen molar-refractivity contribution in [2.24, 2.45) is 5.73 Å². The molecule has 0 saturated heterocycles. The second-order valence-corrected chi connectivity index (χ2v) is 18.3. The SMILES string of the molecule is CCCCCCCCCC/C=C\CCCCCCCC(O)CC(=O)NC(COP(=O)(O)OCCN)C(O)/C=C/CC/C=C/CCCCCCCCCCCCCCCC. The van der Waals surface area contributed by atoms with E-state index in [-0.39, 0.29) is 19.6 Å². The Balaban J connectivity index is 4.29. The molecule has 0 saturated carbocycles. The molecule has 10 heteroatoms. The first-order valence-electron chi connectivity index (χ1n) is 24.7. The molecule has 0 fully saturated rings. The molecule has 9 nitrogen and oxygen atoms in total. The summed E-state index contributed by atoms with van der Waals surface area (Å²) >= 11 is 0. The van der Waals surface area contributed by atoms with Crippen LogP contribution in [0.5, 0.6) is 0 Å². The first-order chi connectivity index (χ1) is 28.8. The fourth-order valence-electron chi connectivity index (χ4n) is 7.25. The zero-order valence-corrected chi connectivity index (χ0v) is 39.3. The fraction of sp³-hybridized carbons (Fsp3) is 0.857. The van der Waals surface area contributed by atoms with Crippen LogP contribution in [0.3, 0.4) is 0 Å². The van der Waals surface area contributed by atoms with Crippen molar-refractivity contribution in [1.29, 1.82) is 0 Å². The Morgan fingerprint density at radius 1 is 0.576 bits per heavy atom. The van der Waals surface area contributed by atoms with Crippen LogP contribution in [0.25, 0.3) is 0 Å². The van der Waals surface area contributed by atoms with Crippen LogP contribution in [0.15, 0.2) is 36.5 Å². The predicted octanol–water partition coefficient (Wildman–Crippen LogP) is 13.3. The molecule has 348 valence electrons. The maximum atomic E-state index is 12.8. The molecular weight excluding hydrogens is 760 g/mol. The Bertz CT molecular complexity index is 1040. The number of phosphoric ester groups is 1. The number of hydrogen-bond donors (Lipinski definition) is 5. The Morgan fingerprint density at radius 2 is 0.966 bits per heavy atom. The number of allylic oxidation sites excluding steroid dienone is 5. The number of aliphatic hydroxyl groups is 2. The molecule has 1 amide bonds. The Morgan fingerprint density at radius 3 is 1.41 bits per heavy atom. The number of phosphoric acid groups is 1. The van der Waals surface area contributed by atoms with Crippen molar-refractivity contribution >= 4 is 13.7 Å². The summed E-state index contributed by atoms with van der Waals surface area (Å²) in [5.74, 6) is -0.459. The monoisotopic (exact) mass is 855 g/mol. The molecule has 59 heavy (non-hydrogen) atoms. The molecule has 0 bridgehead atoms. The van der Waals surface area contributed by atoms with Crippen molar-refractivity contribution in [3.05, 3.63) is 36.5 Å². The van der Waals surface area contributed by atoms with Crippen molar-refractivity contribution in [2.75, 3.05) is 19.8 Å². The molecule has 0 radical (unpaired) electrons. The van der Waals surface area contributed by atoms with Crippen molar-refractivity contribution in [3.8, 4) is 0 Å². The van der Waals surface area contributed by atoms with E-state index in [9.17, 15) is 24.5 Å². The molecule has 0 heterocycles. The third-order valence-corrected chi connectivity index (χ3v) is 12.0. The number of unbranched alkanes of at least 4 members (excludes halogenated alkanes) is 28. The minimum atomic E-state index is -4.41. The summed E-state index contributed by atoms with van der Waals surface area (Å²) in [6, 6.07) is -1.00. The van der Waals surface area contributed by atoms with Gasteiger partial charge in [-0.3, -0.25) is 13.8 Å². The van der Waals surface area contributed by atoms with Gasteiger partial charge in [-0.2, -0.15) is 0 Å². The summed E-state index contributed by atoms with van der Waals surface area (Å²) in [5, 5.41) is 24.1. The molecule has 0 aliphatic heterocycles. The summed E-state index contributed by atoms with van der Waals surface area (Å²) in [4.78, 5) is 22.8.